The number of amides is 2. The van der Waals surface area contributed by atoms with Crippen molar-refractivity contribution < 1.29 is 14.7 Å². The molecule has 1 heterocycles. The van der Waals surface area contributed by atoms with E-state index in [-0.39, 0.29) is 18.4 Å². The number of rotatable bonds is 3. The Bertz CT molecular complexity index is 488. The fourth-order valence-electron chi connectivity index (χ4n) is 1.74. The van der Waals surface area contributed by atoms with E-state index in [1.54, 1.807) is 23.1 Å². The van der Waals surface area contributed by atoms with Gasteiger partial charge in [0.05, 0.1) is 5.69 Å². The Hall–Kier alpha value is -2.01. The Morgan fingerprint density at radius 1 is 1.39 bits per heavy atom. The maximum atomic E-state index is 11.5. The number of nitrogens with one attached hydrogen (secondary N) is 1. The molecule has 96 valence electrons. The third-order valence-electron chi connectivity index (χ3n) is 2.49. The van der Waals surface area contributed by atoms with Gasteiger partial charge in [-0.1, -0.05) is 18.2 Å². The molecule has 1 aliphatic heterocycles. The number of carbonyl (C=O) groups excluding carboxylic acids is 1. The number of para-hydroxylation sites is 1. The molecule has 1 aromatic rings. The molecule has 1 aliphatic rings. The van der Waals surface area contributed by atoms with Crippen LogP contribution in [-0.4, -0.2) is 30.2 Å². The normalized spacial score (nSPS) is 14.4. The maximum absolute atomic E-state index is 11.5. The topological polar surface area (TPSA) is 69.6 Å². The molecule has 18 heavy (non-hydrogen) atoms. The van der Waals surface area contributed by atoms with E-state index in [1.165, 1.54) is 6.08 Å². The summed E-state index contributed by atoms with van der Waals surface area (Å²) in [7, 11) is 0. The summed E-state index contributed by atoms with van der Waals surface area (Å²) in [6.45, 7) is 1.20. The third kappa shape index (κ3) is 3.01. The molecule has 1 fully saturated rings. The molecule has 2 N–H and O–H groups in total. The van der Waals surface area contributed by atoms with E-state index in [2.05, 4.69) is 5.32 Å². The van der Waals surface area contributed by atoms with Gasteiger partial charge in [0.25, 0.3) is 0 Å². The van der Waals surface area contributed by atoms with Gasteiger partial charge in [-0.05, 0) is 17.7 Å². The second-order valence-electron chi connectivity index (χ2n) is 3.61. The van der Waals surface area contributed by atoms with Crippen LogP contribution in [0.25, 0.3) is 6.08 Å². The number of carboxylic acid groups (broad SMARTS) is 1. The van der Waals surface area contributed by atoms with Crippen molar-refractivity contribution in [3.8, 4) is 0 Å². The molecular weight excluding hydrogens is 256 g/mol. The minimum atomic E-state index is -1.01. The van der Waals surface area contributed by atoms with Crippen LogP contribution in [0.5, 0.6) is 0 Å². The van der Waals surface area contributed by atoms with Crippen LogP contribution in [0.3, 0.4) is 0 Å². The van der Waals surface area contributed by atoms with Crippen LogP contribution in [0.15, 0.2) is 30.3 Å². The summed E-state index contributed by atoms with van der Waals surface area (Å²) in [5.74, 6) is -1.01. The zero-order valence-corrected chi connectivity index (χ0v) is 10.3. The van der Waals surface area contributed by atoms with Gasteiger partial charge in [0, 0.05) is 19.2 Å². The van der Waals surface area contributed by atoms with Crippen LogP contribution in [0, 0.1) is 0 Å². The molecular formula is C12H13ClN2O3. The van der Waals surface area contributed by atoms with E-state index in [0.29, 0.717) is 18.7 Å². The van der Waals surface area contributed by atoms with Gasteiger partial charge in [-0.3, -0.25) is 4.90 Å². The predicted molar refractivity (Wildman–Crippen MR) is 71.1 cm³/mol. The van der Waals surface area contributed by atoms with Crippen molar-refractivity contribution in [1.29, 1.82) is 0 Å². The van der Waals surface area contributed by atoms with Crippen LogP contribution in [0.4, 0.5) is 10.5 Å². The van der Waals surface area contributed by atoms with E-state index < -0.39 is 5.97 Å². The first-order valence-electron chi connectivity index (χ1n) is 5.24. The number of carbonyl (C=O) groups is 2. The van der Waals surface area contributed by atoms with Crippen LogP contribution in [0.2, 0.25) is 0 Å². The molecule has 1 aromatic carbocycles. The summed E-state index contributed by atoms with van der Waals surface area (Å²) < 4.78 is 0. The van der Waals surface area contributed by atoms with E-state index in [0.717, 1.165) is 11.8 Å². The largest absolute Gasteiger partial charge is 0.478 e. The minimum absolute atomic E-state index is 0. The van der Waals surface area contributed by atoms with Crippen molar-refractivity contribution in [2.24, 2.45) is 0 Å². The minimum Gasteiger partial charge on any atom is -0.478 e. The Balaban J connectivity index is 0.00000162. The van der Waals surface area contributed by atoms with Gasteiger partial charge < -0.3 is 10.4 Å². The SMILES string of the molecule is Cl.O=C(O)/C=C/c1ccccc1N1CCNC1=O. The van der Waals surface area contributed by atoms with Gasteiger partial charge >= 0.3 is 12.0 Å². The quantitative estimate of drug-likeness (QED) is 0.821. The lowest BCUT2D eigenvalue weighted by molar-refractivity contribution is -0.131. The first-order chi connectivity index (χ1) is 8.18. The summed E-state index contributed by atoms with van der Waals surface area (Å²) in [4.78, 5) is 23.6. The number of aliphatic carboxylic acids is 1. The third-order valence-corrected chi connectivity index (χ3v) is 2.49. The van der Waals surface area contributed by atoms with Gasteiger partial charge in [-0.15, -0.1) is 12.4 Å². The number of halogens is 1. The monoisotopic (exact) mass is 268 g/mol. The zero-order chi connectivity index (χ0) is 12.3. The summed E-state index contributed by atoms with van der Waals surface area (Å²) >= 11 is 0. The second-order valence-corrected chi connectivity index (χ2v) is 3.61. The molecule has 0 saturated carbocycles. The van der Waals surface area contributed by atoms with Gasteiger partial charge in [-0.2, -0.15) is 0 Å². The van der Waals surface area contributed by atoms with Gasteiger partial charge in [0.15, 0.2) is 0 Å². The van der Waals surface area contributed by atoms with E-state index >= 15 is 0 Å². The van der Waals surface area contributed by atoms with Crippen molar-refractivity contribution in [2.75, 3.05) is 18.0 Å². The molecule has 0 spiro atoms. The molecule has 1 saturated heterocycles. The molecule has 2 amide bonds. The highest BCUT2D eigenvalue weighted by molar-refractivity contribution is 5.97. The van der Waals surface area contributed by atoms with E-state index in [1.807, 2.05) is 6.07 Å². The lowest BCUT2D eigenvalue weighted by atomic mass is 10.1. The second kappa shape index (κ2) is 6.07. The zero-order valence-electron chi connectivity index (χ0n) is 9.50. The summed E-state index contributed by atoms with van der Waals surface area (Å²) in [6.07, 6.45) is 2.55. The number of benzene rings is 1. The highest BCUT2D eigenvalue weighted by atomic mass is 35.5. The molecule has 6 heteroatoms. The summed E-state index contributed by atoms with van der Waals surface area (Å²) in [5, 5.41) is 11.3. The van der Waals surface area contributed by atoms with Crippen LogP contribution in [-0.2, 0) is 4.79 Å². The Kier molecular flexibility index (Phi) is 4.74. The Labute approximate surface area is 111 Å². The highest BCUT2D eigenvalue weighted by Crippen LogP contribution is 2.23. The molecule has 0 atom stereocenters. The van der Waals surface area contributed by atoms with Crippen LogP contribution < -0.4 is 10.2 Å². The lowest BCUT2D eigenvalue weighted by Gasteiger charge is -2.16. The van der Waals surface area contributed by atoms with Gasteiger partial charge in [-0.25, -0.2) is 9.59 Å². The number of nitrogens with zero attached hydrogens (tertiary/aromatic N) is 1. The molecule has 5 nitrogen and oxygen atoms in total. The average molecular weight is 269 g/mol. The molecule has 2 rings (SSSR count). The van der Waals surface area contributed by atoms with Crippen molar-refractivity contribution in [1.82, 2.24) is 5.32 Å². The smallest absolute Gasteiger partial charge is 0.328 e. The van der Waals surface area contributed by atoms with Gasteiger partial charge in [0.2, 0.25) is 0 Å². The van der Waals surface area contributed by atoms with Crippen molar-refractivity contribution in [2.45, 2.75) is 0 Å². The lowest BCUT2D eigenvalue weighted by Crippen LogP contribution is -2.28. The number of hydrogen-bond acceptors (Lipinski definition) is 2. The first-order valence-corrected chi connectivity index (χ1v) is 5.24. The van der Waals surface area contributed by atoms with Gasteiger partial charge in [0.1, 0.15) is 0 Å². The maximum Gasteiger partial charge on any atom is 0.328 e. The number of urea groups is 1. The Morgan fingerprint density at radius 3 is 2.72 bits per heavy atom. The van der Waals surface area contributed by atoms with Crippen molar-refractivity contribution in [3.63, 3.8) is 0 Å². The molecule has 0 unspecified atom stereocenters. The standard InChI is InChI=1S/C12H12N2O3.ClH/c15-11(16)6-5-9-3-1-2-4-10(9)14-8-7-13-12(14)17;/h1-6H,7-8H2,(H,13,17)(H,15,16);1H/b6-5+;. The Morgan fingerprint density at radius 2 is 2.11 bits per heavy atom. The fourth-order valence-corrected chi connectivity index (χ4v) is 1.74. The number of hydrogen-bond donors (Lipinski definition) is 2. The summed E-state index contributed by atoms with van der Waals surface area (Å²) in [5.41, 5.74) is 1.44. The van der Waals surface area contributed by atoms with Crippen molar-refractivity contribution in [3.05, 3.63) is 35.9 Å². The molecule has 0 aliphatic carbocycles. The van der Waals surface area contributed by atoms with Crippen LogP contribution >= 0.6 is 12.4 Å². The molecule has 0 radical (unpaired) electrons. The van der Waals surface area contributed by atoms with E-state index in [9.17, 15) is 9.59 Å². The predicted octanol–water partition coefficient (Wildman–Crippen LogP) is 1.74. The van der Waals surface area contributed by atoms with Crippen molar-refractivity contribution >= 4 is 36.2 Å². The first kappa shape index (κ1) is 14.1. The fraction of sp³-hybridized carbons (Fsp3) is 0.167. The number of anilines is 1. The molecule has 0 aromatic heterocycles. The molecule has 0 bridgehead atoms. The van der Waals surface area contributed by atoms with Crippen LogP contribution in [0.1, 0.15) is 5.56 Å². The summed E-state index contributed by atoms with van der Waals surface area (Å²) in [6, 6.07) is 7.05. The number of carboxylic acids is 1. The highest BCUT2D eigenvalue weighted by Gasteiger charge is 2.22. The van der Waals surface area contributed by atoms with E-state index in [4.69, 9.17) is 5.11 Å². The average Bonchev–Trinajstić information content (AvgIpc) is 2.73.